The number of carbonyl (C=O) groups excluding carboxylic acids is 1. The van der Waals surface area contributed by atoms with Crippen molar-refractivity contribution < 1.29 is 23.1 Å². The van der Waals surface area contributed by atoms with E-state index in [2.05, 4.69) is 30.6 Å². The first-order chi connectivity index (χ1) is 18.0. The minimum atomic E-state index is -4.91. The molecule has 4 aromatic heterocycles. The monoisotopic (exact) mass is 547 g/mol. The SMILES string of the molecule is Cc1c(-n2ncc(C(=O)Nc3cnc(-n4nccn4)c(Cl)c3)c2C(F)(F)F)cnc(N2CC[C@@H](O)C2)c1C. The first kappa shape index (κ1) is 25.6. The summed E-state index contributed by atoms with van der Waals surface area (Å²) in [6, 6.07) is 1.33. The van der Waals surface area contributed by atoms with E-state index in [1.54, 1.807) is 13.8 Å². The van der Waals surface area contributed by atoms with Crippen molar-refractivity contribution in [3.8, 4) is 11.5 Å². The van der Waals surface area contributed by atoms with Crippen LogP contribution in [0.1, 0.15) is 33.6 Å². The van der Waals surface area contributed by atoms with Gasteiger partial charge in [-0.05, 0) is 37.5 Å². The summed E-state index contributed by atoms with van der Waals surface area (Å²) in [4.78, 5) is 24.4. The zero-order valence-corrected chi connectivity index (χ0v) is 20.9. The first-order valence-corrected chi connectivity index (χ1v) is 11.8. The third kappa shape index (κ3) is 4.67. The number of pyridine rings is 2. The fraction of sp³-hybridized carbons (Fsp3) is 0.304. The van der Waals surface area contributed by atoms with Crippen molar-refractivity contribution in [1.29, 1.82) is 0 Å². The van der Waals surface area contributed by atoms with E-state index in [-0.39, 0.29) is 22.2 Å². The molecule has 1 saturated heterocycles. The molecule has 15 heteroatoms. The summed E-state index contributed by atoms with van der Waals surface area (Å²) in [5, 5.41) is 24.1. The molecule has 0 aliphatic carbocycles. The molecular weight excluding hydrogens is 527 g/mol. The van der Waals surface area contributed by atoms with Crippen LogP contribution >= 0.6 is 11.6 Å². The molecule has 0 saturated carbocycles. The predicted octanol–water partition coefficient (Wildman–Crippen LogP) is 3.36. The molecule has 1 aliphatic heterocycles. The van der Waals surface area contributed by atoms with Crippen molar-refractivity contribution >= 4 is 29.0 Å². The van der Waals surface area contributed by atoms with Crippen LogP contribution in [0.25, 0.3) is 11.5 Å². The highest BCUT2D eigenvalue weighted by Gasteiger charge is 2.41. The first-order valence-electron chi connectivity index (χ1n) is 11.4. The van der Waals surface area contributed by atoms with Crippen molar-refractivity contribution in [2.24, 2.45) is 0 Å². The Morgan fingerprint density at radius 1 is 1.08 bits per heavy atom. The molecule has 1 amide bonds. The van der Waals surface area contributed by atoms with Crippen LogP contribution in [0.3, 0.4) is 0 Å². The van der Waals surface area contributed by atoms with E-state index >= 15 is 0 Å². The maximum Gasteiger partial charge on any atom is 0.434 e. The summed E-state index contributed by atoms with van der Waals surface area (Å²) in [7, 11) is 0. The molecule has 0 unspecified atom stereocenters. The number of aliphatic hydroxyl groups is 1. The van der Waals surface area contributed by atoms with Crippen molar-refractivity contribution in [1.82, 2.24) is 34.7 Å². The van der Waals surface area contributed by atoms with Crippen LogP contribution in [0.2, 0.25) is 5.02 Å². The van der Waals surface area contributed by atoms with E-state index in [0.29, 0.717) is 41.1 Å². The van der Waals surface area contributed by atoms with Gasteiger partial charge in [0.15, 0.2) is 11.5 Å². The quantitative estimate of drug-likeness (QED) is 0.389. The van der Waals surface area contributed by atoms with E-state index in [4.69, 9.17) is 11.6 Å². The lowest BCUT2D eigenvalue weighted by molar-refractivity contribution is -0.143. The van der Waals surface area contributed by atoms with Gasteiger partial charge in [0.25, 0.3) is 5.91 Å². The average Bonchev–Trinajstić information content (AvgIpc) is 3.61. The standard InChI is InChI=1S/C23H21ClF3N9O2/c1-12-13(2)20(34-6-3-15(37)11-34)29-10-18(12)35-19(23(25,26)27)16(9-32-35)22(38)33-14-7-17(24)21(28-8-14)36-30-4-5-31-36/h4-5,7-10,15,37H,3,6,11H2,1-2H3,(H,33,38)/t15-/m1/s1. The predicted molar refractivity (Wildman–Crippen MR) is 131 cm³/mol. The number of β-amino-alcohol motifs (C(OH)–C–C–N with tert-alkyl or cyclic N) is 1. The fourth-order valence-corrected chi connectivity index (χ4v) is 4.52. The summed E-state index contributed by atoms with van der Waals surface area (Å²) in [6.45, 7) is 4.39. The smallest absolute Gasteiger partial charge is 0.391 e. The van der Waals surface area contributed by atoms with Crippen LogP contribution in [0.5, 0.6) is 0 Å². The zero-order valence-electron chi connectivity index (χ0n) is 20.1. The van der Waals surface area contributed by atoms with Crippen LogP contribution in [0.4, 0.5) is 24.7 Å². The van der Waals surface area contributed by atoms with Gasteiger partial charge in [-0.1, -0.05) is 11.6 Å². The molecule has 0 aromatic carbocycles. The number of carbonyl (C=O) groups is 1. The molecule has 38 heavy (non-hydrogen) atoms. The molecule has 1 atom stereocenters. The highest BCUT2D eigenvalue weighted by atomic mass is 35.5. The van der Waals surface area contributed by atoms with E-state index in [9.17, 15) is 23.1 Å². The lowest BCUT2D eigenvalue weighted by atomic mass is 10.1. The van der Waals surface area contributed by atoms with Gasteiger partial charge >= 0.3 is 6.18 Å². The van der Waals surface area contributed by atoms with Crippen molar-refractivity contribution in [3.63, 3.8) is 0 Å². The number of alkyl halides is 3. The Labute approximate surface area is 218 Å². The van der Waals surface area contributed by atoms with Crippen LogP contribution in [0, 0.1) is 13.8 Å². The molecule has 0 bridgehead atoms. The van der Waals surface area contributed by atoms with Crippen LogP contribution in [-0.2, 0) is 6.18 Å². The molecule has 4 aromatic rings. The summed E-state index contributed by atoms with van der Waals surface area (Å²) >= 11 is 6.20. The number of halogens is 4. The van der Waals surface area contributed by atoms with Gasteiger partial charge in [0, 0.05) is 13.1 Å². The second-order valence-electron chi connectivity index (χ2n) is 8.72. The average molecular weight is 548 g/mol. The number of hydrogen-bond donors (Lipinski definition) is 2. The van der Waals surface area contributed by atoms with Gasteiger partial charge in [0.2, 0.25) is 0 Å². The Balaban J connectivity index is 1.47. The third-order valence-electron chi connectivity index (χ3n) is 6.25. The Hall–Kier alpha value is -4.04. The number of nitrogens with one attached hydrogen (secondary N) is 1. The third-order valence-corrected chi connectivity index (χ3v) is 6.53. The van der Waals surface area contributed by atoms with E-state index in [0.717, 1.165) is 11.0 Å². The van der Waals surface area contributed by atoms with Crippen molar-refractivity contribution in [2.45, 2.75) is 32.5 Å². The van der Waals surface area contributed by atoms with Crippen molar-refractivity contribution in [2.75, 3.05) is 23.3 Å². The summed E-state index contributed by atoms with van der Waals surface area (Å²) in [5.41, 5.74) is -0.620. The van der Waals surface area contributed by atoms with Crippen molar-refractivity contribution in [3.05, 3.63) is 64.5 Å². The molecule has 1 fully saturated rings. The minimum Gasteiger partial charge on any atom is -0.391 e. The second kappa shape index (κ2) is 9.68. The Bertz CT molecular complexity index is 1500. The number of rotatable bonds is 5. The van der Waals surface area contributed by atoms with Gasteiger partial charge in [0.05, 0.1) is 59.0 Å². The van der Waals surface area contributed by atoms with Gasteiger partial charge < -0.3 is 15.3 Å². The number of amides is 1. The molecule has 5 heterocycles. The largest absolute Gasteiger partial charge is 0.434 e. The van der Waals surface area contributed by atoms with Crippen LogP contribution in [0.15, 0.2) is 37.1 Å². The normalized spacial score (nSPS) is 15.8. The second-order valence-corrected chi connectivity index (χ2v) is 9.13. The van der Waals surface area contributed by atoms with Gasteiger partial charge in [-0.3, -0.25) is 4.79 Å². The zero-order chi connectivity index (χ0) is 27.2. The molecule has 11 nitrogen and oxygen atoms in total. The Kier molecular flexibility index (Phi) is 6.53. The maximum atomic E-state index is 14.3. The number of aromatic nitrogens is 7. The van der Waals surface area contributed by atoms with E-state index in [1.807, 2.05) is 4.90 Å². The number of nitrogens with zero attached hydrogens (tertiary/aromatic N) is 8. The van der Waals surface area contributed by atoms with Crippen LogP contribution in [-0.4, -0.2) is 64.9 Å². The molecule has 198 valence electrons. The molecule has 2 N–H and O–H groups in total. The Morgan fingerprint density at radius 2 is 1.79 bits per heavy atom. The highest BCUT2D eigenvalue weighted by Crippen LogP contribution is 2.36. The number of hydrogen-bond acceptors (Lipinski definition) is 8. The number of anilines is 2. The molecule has 5 rings (SSSR count). The maximum absolute atomic E-state index is 14.3. The molecular formula is C23H21ClF3N9O2. The van der Waals surface area contributed by atoms with Crippen LogP contribution < -0.4 is 10.2 Å². The van der Waals surface area contributed by atoms with Gasteiger partial charge in [-0.2, -0.15) is 28.5 Å². The van der Waals surface area contributed by atoms with E-state index in [1.165, 1.54) is 30.9 Å². The summed E-state index contributed by atoms with van der Waals surface area (Å²) in [6.07, 6.45) is 1.41. The lowest BCUT2D eigenvalue weighted by Crippen LogP contribution is -2.24. The topological polar surface area (TPSA) is 127 Å². The van der Waals surface area contributed by atoms with Gasteiger partial charge in [-0.15, -0.1) is 4.80 Å². The van der Waals surface area contributed by atoms with Gasteiger partial charge in [0.1, 0.15) is 5.82 Å². The minimum absolute atomic E-state index is 0.0719. The lowest BCUT2D eigenvalue weighted by Gasteiger charge is -2.22. The fourth-order valence-electron chi connectivity index (χ4n) is 4.28. The number of aliphatic hydroxyl groups excluding tert-OH is 1. The van der Waals surface area contributed by atoms with Gasteiger partial charge in [-0.25, -0.2) is 14.6 Å². The molecule has 0 radical (unpaired) electrons. The molecule has 0 spiro atoms. The summed E-state index contributed by atoms with van der Waals surface area (Å²) in [5.74, 6) is -0.278. The molecule has 1 aliphatic rings. The van der Waals surface area contributed by atoms with E-state index < -0.39 is 29.4 Å². The highest BCUT2D eigenvalue weighted by molar-refractivity contribution is 6.32. The Morgan fingerprint density at radius 3 is 2.42 bits per heavy atom. The summed E-state index contributed by atoms with van der Waals surface area (Å²) < 4.78 is 43.4.